The van der Waals surface area contributed by atoms with Crippen molar-refractivity contribution in [3.05, 3.63) is 64.7 Å². The molecule has 2 N–H and O–H groups in total. The number of nitrogens with one attached hydrogen (secondary N) is 2. The average molecular weight is 534 g/mol. The Morgan fingerprint density at radius 2 is 1.54 bits per heavy atom. The highest BCUT2D eigenvalue weighted by molar-refractivity contribution is 6.00. The third kappa shape index (κ3) is 8.88. The zero-order valence-corrected chi connectivity index (χ0v) is 24.7. The second kappa shape index (κ2) is 13.3. The molecule has 2 unspecified atom stereocenters. The van der Waals surface area contributed by atoms with E-state index >= 15 is 0 Å². The number of terminal acetylenes is 1. The topological polar surface area (TPSA) is 87.7 Å². The molecule has 0 aliphatic carbocycles. The van der Waals surface area contributed by atoms with Crippen molar-refractivity contribution >= 4 is 23.6 Å². The highest BCUT2D eigenvalue weighted by Crippen LogP contribution is 2.29. The minimum atomic E-state index is -0.974. The molecular formula is C32H43N3O4. The fraction of sp³-hybridized carbons (Fsp3) is 0.469. The molecule has 0 aromatic heterocycles. The van der Waals surface area contributed by atoms with E-state index < -0.39 is 23.8 Å². The number of aryl methyl sites for hydroxylation is 2. The first-order valence-electron chi connectivity index (χ1n) is 13.4. The van der Waals surface area contributed by atoms with E-state index in [0.29, 0.717) is 23.2 Å². The lowest BCUT2D eigenvalue weighted by molar-refractivity contribution is -0.143. The molecule has 0 bridgehead atoms. The standard InChI is InChI=1S/C32H43N3O4/c1-11-24-15-17-25(18-16-24)28(29(36)34-27-22(6)13-12-14-23(27)7)35(21(4)5)30(37)26(19-20(2)3)33-31(38)39-32(8,9)10/h1,12-18,20-21,26,28H,19H2,2-10H3,(H,33,38)(H,34,36). The van der Waals surface area contributed by atoms with Crippen molar-refractivity contribution in [1.29, 1.82) is 0 Å². The Morgan fingerprint density at radius 3 is 2.00 bits per heavy atom. The van der Waals surface area contributed by atoms with Gasteiger partial charge in [0.15, 0.2) is 0 Å². The van der Waals surface area contributed by atoms with E-state index in [-0.39, 0.29) is 23.8 Å². The lowest BCUT2D eigenvalue weighted by Gasteiger charge is -2.37. The summed E-state index contributed by atoms with van der Waals surface area (Å²) in [6, 6.07) is 10.6. The molecule has 0 spiro atoms. The number of alkyl carbamates (subject to hydrolysis) is 1. The van der Waals surface area contributed by atoms with Crippen LogP contribution >= 0.6 is 0 Å². The van der Waals surface area contributed by atoms with Crippen LogP contribution in [-0.2, 0) is 14.3 Å². The second-order valence-electron chi connectivity index (χ2n) is 11.6. The maximum absolute atomic E-state index is 14.2. The molecule has 2 rings (SSSR count). The summed E-state index contributed by atoms with van der Waals surface area (Å²) in [5.41, 5.74) is 3.09. The van der Waals surface area contributed by atoms with Gasteiger partial charge in [0.1, 0.15) is 17.7 Å². The van der Waals surface area contributed by atoms with Crippen molar-refractivity contribution in [2.75, 3.05) is 5.32 Å². The number of anilines is 1. The number of benzene rings is 2. The van der Waals surface area contributed by atoms with Gasteiger partial charge in [0.05, 0.1) is 0 Å². The van der Waals surface area contributed by atoms with Gasteiger partial charge in [-0.15, -0.1) is 6.42 Å². The number of para-hydroxylation sites is 1. The van der Waals surface area contributed by atoms with E-state index in [1.165, 1.54) is 4.90 Å². The van der Waals surface area contributed by atoms with Crippen LogP contribution < -0.4 is 10.6 Å². The summed E-state index contributed by atoms with van der Waals surface area (Å²) in [5, 5.41) is 5.82. The number of hydrogen-bond acceptors (Lipinski definition) is 4. The molecule has 39 heavy (non-hydrogen) atoms. The van der Waals surface area contributed by atoms with Gasteiger partial charge >= 0.3 is 6.09 Å². The van der Waals surface area contributed by atoms with Crippen LogP contribution in [0.4, 0.5) is 10.5 Å². The first-order valence-corrected chi connectivity index (χ1v) is 13.4. The van der Waals surface area contributed by atoms with Crippen molar-refractivity contribution in [3.63, 3.8) is 0 Å². The fourth-order valence-corrected chi connectivity index (χ4v) is 4.41. The minimum absolute atomic E-state index is 0.0969. The molecule has 0 radical (unpaired) electrons. The number of nitrogens with zero attached hydrogens (tertiary/aromatic N) is 1. The number of amides is 3. The van der Waals surface area contributed by atoms with Crippen LogP contribution in [0.25, 0.3) is 0 Å². The Balaban J connectivity index is 2.58. The normalized spacial score (nSPS) is 12.9. The van der Waals surface area contributed by atoms with Crippen molar-refractivity contribution in [1.82, 2.24) is 10.2 Å². The third-order valence-electron chi connectivity index (χ3n) is 6.16. The van der Waals surface area contributed by atoms with Crippen LogP contribution in [-0.4, -0.2) is 40.5 Å². The summed E-state index contributed by atoms with van der Waals surface area (Å²) in [6.45, 7) is 16.8. The molecule has 2 atom stereocenters. The molecule has 0 heterocycles. The summed E-state index contributed by atoms with van der Waals surface area (Å²) in [4.78, 5) is 42.5. The lowest BCUT2D eigenvalue weighted by Crippen LogP contribution is -2.54. The Hall–Kier alpha value is -3.79. The van der Waals surface area contributed by atoms with E-state index in [1.54, 1.807) is 45.0 Å². The number of hydrogen-bond donors (Lipinski definition) is 2. The van der Waals surface area contributed by atoms with Gasteiger partial charge in [0.25, 0.3) is 5.91 Å². The summed E-state index contributed by atoms with van der Waals surface area (Å²) >= 11 is 0. The van der Waals surface area contributed by atoms with Gasteiger partial charge in [-0.1, -0.05) is 50.1 Å². The van der Waals surface area contributed by atoms with Crippen LogP contribution in [0.1, 0.15) is 83.2 Å². The van der Waals surface area contributed by atoms with Gasteiger partial charge in [0, 0.05) is 17.3 Å². The smallest absolute Gasteiger partial charge is 0.408 e. The van der Waals surface area contributed by atoms with Gasteiger partial charge in [-0.25, -0.2) is 4.79 Å². The predicted molar refractivity (Wildman–Crippen MR) is 156 cm³/mol. The van der Waals surface area contributed by atoms with Crippen LogP contribution in [0.2, 0.25) is 0 Å². The van der Waals surface area contributed by atoms with Crippen LogP contribution in [0.5, 0.6) is 0 Å². The maximum atomic E-state index is 14.2. The summed E-state index contributed by atoms with van der Waals surface area (Å²) < 4.78 is 5.44. The van der Waals surface area contributed by atoms with Gasteiger partial charge in [-0.05, 0) is 89.6 Å². The Morgan fingerprint density at radius 1 is 0.974 bits per heavy atom. The van der Waals surface area contributed by atoms with Gasteiger partial charge in [0.2, 0.25) is 5.91 Å². The third-order valence-corrected chi connectivity index (χ3v) is 6.16. The monoisotopic (exact) mass is 533 g/mol. The molecule has 7 nitrogen and oxygen atoms in total. The molecule has 3 amide bonds. The highest BCUT2D eigenvalue weighted by Gasteiger charge is 2.38. The van der Waals surface area contributed by atoms with Crippen molar-refractivity contribution in [2.45, 2.75) is 92.5 Å². The van der Waals surface area contributed by atoms with Crippen molar-refractivity contribution in [3.8, 4) is 12.3 Å². The zero-order valence-electron chi connectivity index (χ0n) is 24.7. The quantitative estimate of drug-likeness (QED) is 0.379. The predicted octanol–water partition coefficient (Wildman–Crippen LogP) is 6.14. The Kier molecular flexibility index (Phi) is 10.7. The molecule has 7 heteroatoms. The van der Waals surface area contributed by atoms with Crippen molar-refractivity contribution < 1.29 is 19.1 Å². The molecule has 0 saturated heterocycles. The van der Waals surface area contributed by atoms with E-state index in [1.807, 2.05) is 59.7 Å². The summed E-state index contributed by atoms with van der Waals surface area (Å²) in [7, 11) is 0. The average Bonchev–Trinajstić information content (AvgIpc) is 2.82. The van der Waals surface area contributed by atoms with Gasteiger partial charge in [-0.2, -0.15) is 0 Å². The fourth-order valence-electron chi connectivity index (χ4n) is 4.41. The first-order chi connectivity index (χ1) is 18.1. The van der Waals surface area contributed by atoms with Gasteiger partial charge < -0.3 is 20.3 Å². The summed E-state index contributed by atoms with van der Waals surface area (Å²) in [6.07, 6.45) is 5.25. The molecule has 0 aliphatic heterocycles. The summed E-state index contributed by atoms with van der Waals surface area (Å²) in [5.74, 6) is 1.96. The number of carbonyl (C=O) groups is 3. The highest BCUT2D eigenvalue weighted by atomic mass is 16.6. The minimum Gasteiger partial charge on any atom is -0.444 e. The molecule has 0 saturated carbocycles. The second-order valence-corrected chi connectivity index (χ2v) is 11.6. The van der Waals surface area contributed by atoms with E-state index in [4.69, 9.17) is 11.2 Å². The molecule has 2 aromatic rings. The van der Waals surface area contributed by atoms with Crippen LogP contribution in [0.15, 0.2) is 42.5 Å². The molecule has 210 valence electrons. The van der Waals surface area contributed by atoms with E-state index in [9.17, 15) is 14.4 Å². The number of ether oxygens (including phenoxy) is 1. The first kappa shape index (κ1) is 31.4. The SMILES string of the molecule is C#Cc1ccc(C(C(=O)Nc2c(C)cccc2C)N(C(=O)C(CC(C)C)NC(=O)OC(C)(C)C)C(C)C)cc1. The largest absolute Gasteiger partial charge is 0.444 e. The number of carbonyl (C=O) groups excluding carboxylic acids is 3. The Labute approximate surface area is 233 Å². The maximum Gasteiger partial charge on any atom is 0.408 e. The Bertz CT molecular complexity index is 1180. The molecule has 2 aromatic carbocycles. The van der Waals surface area contributed by atoms with Crippen molar-refractivity contribution in [2.24, 2.45) is 5.92 Å². The number of rotatable bonds is 9. The zero-order chi connectivity index (χ0) is 29.5. The van der Waals surface area contributed by atoms with Crippen LogP contribution in [0, 0.1) is 32.1 Å². The van der Waals surface area contributed by atoms with E-state index in [2.05, 4.69) is 16.6 Å². The molecular weight excluding hydrogens is 490 g/mol. The lowest BCUT2D eigenvalue weighted by atomic mass is 9.97. The van der Waals surface area contributed by atoms with E-state index in [0.717, 1.165) is 11.1 Å². The molecule has 0 fully saturated rings. The van der Waals surface area contributed by atoms with Gasteiger partial charge in [-0.3, -0.25) is 9.59 Å². The molecule has 0 aliphatic rings. The van der Waals surface area contributed by atoms with Crippen LogP contribution in [0.3, 0.4) is 0 Å².